The predicted octanol–water partition coefficient (Wildman–Crippen LogP) is 1.07. The van der Waals surface area contributed by atoms with E-state index in [0.717, 1.165) is 36.5 Å². The monoisotopic (exact) mass is 325 g/mol. The lowest BCUT2D eigenvalue weighted by molar-refractivity contribution is -0.123. The van der Waals surface area contributed by atoms with Gasteiger partial charge in [0.1, 0.15) is 6.04 Å². The minimum absolute atomic E-state index is 0.0538. The van der Waals surface area contributed by atoms with Crippen molar-refractivity contribution in [1.29, 1.82) is 0 Å². The number of aromatic nitrogens is 2. The smallest absolute Gasteiger partial charge is 0.243 e. The zero-order chi connectivity index (χ0) is 16.7. The lowest BCUT2D eigenvalue weighted by Crippen LogP contribution is -2.50. The van der Waals surface area contributed by atoms with E-state index in [-0.39, 0.29) is 17.4 Å². The minimum atomic E-state index is -0.234. The van der Waals surface area contributed by atoms with Gasteiger partial charge in [-0.1, -0.05) is 18.2 Å². The summed E-state index contributed by atoms with van der Waals surface area (Å²) in [6.45, 7) is 4.26. The normalized spacial score (nSPS) is 24.8. The van der Waals surface area contributed by atoms with Crippen molar-refractivity contribution in [2.24, 2.45) is 7.05 Å². The first-order valence-electron chi connectivity index (χ1n) is 8.44. The van der Waals surface area contributed by atoms with Gasteiger partial charge in [0.2, 0.25) is 5.91 Å². The van der Waals surface area contributed by atoms with Crippen molar-refractivity contribution in [1.82, 2.24) is 20.4 Å². The van der Waals surface area contributed by atoms with Gasteiger partial charge in [0.15, 0.2) is 0 Å². The molecule has 2 unspecified atom stereocenters. The quantitative estimate of drug-likeness (QED) is 0.789. The first-order valence-corrected chi connectivity index (χ1v) is 8.44. The number of carbonyl (C=O) groups excluding carboxylic acids is 1. The molecule has 3 heterocycles. The second-order valence-corrected chi connectivity index (χ2v) is 6.84. The van der Waals surface area contributed by atoms with Gasteiger partial charge >= 0.3 is 0 Å². The second kappa shape index (κ2) is 5.63. The van der Waals surface area contributed by atoms with Crippen LogP contribution < -0.4 is 16.0 Å². The molecular weight excluding hydrogens is 302 g/mol. The van der Waals surface area contributed by atoms with Gasteiger partial charge in [0, 0.05) is 43.0 Å². The van der Waals surface area contributed by atoms with Crippen molar-refractivity contribution in [3.05, 3.63) is 47.3 Å². The number of fused-ring (bicyclic) bond motifs is 2. The number of nitrogens with zero attached hydrogens (tertiary/aromatic N) is 2. The molecule has 0 radical (unpaired) electrons. The maximum atomic E-state index is 12.9. The first-order chi connectivity index (χ1) is 11.6. The fourth-order valence-corrected chi connectivity index (χ4v) is 4.10. The minimum Gasteiger partial charge on any atom is -0.373 e. The molecule has 126 valence electrons. The third-order valence-corrected chi connectivity index (χ3v) is 5.33. The number of carbonyl (C=O) groups is 1. The Morgan fingerprint density at radius 3 is 3.00 bits per heavy atom. The van der Waals surface area contributed by atoms with Crippen molar-refractivity contribution < 1.29 is 4.79 Å². The summed E-state index contributed by atoms with van der Waals surface area (Å²) in [7, 11) is 1.90. The van der Waals surface area contributed by atoms with Crippen LogP contribution in [0.1, 0.15) is 23.2 Å². The summed E-state index contributed by atoms with van der Waals surface area (Å²) >= 11 is 0. The molecule has 1 saturated heterocycles. The Labute approximate surface area is 141 Å². The zero-order valence-corrected chi connectivity index (χ0v) is 14.1. The Morgan fingerprint density at radius 2 is 2.29 bits per heavy atom. The molecule has 1 amide bonds. The molecule has 2 atom stereocenters. The van der Waals surface area contributed by atoms with Gasteiger partial charge in [-0.05, 0) is 31.5 Å². The van der Waals surface area contributed by atoms with Crippen LogP contribution in [0.3, 0.4) is 0 Å². The van der Waals surface area contributed by atoms with E-state index in [1.807, 2.05) is 26.2 Å². The van der Waals surface area contributed by atoms with Gasteiger partial charge in [0.25, 0.3) is 0 Å². The number of nitrogens with one attached hydrogen (secondary N) is 3. The number of hydrogen-bond donors (Lipinski definition) is 3. The number of hydrogen-bond acceptors (Lipinski definition) is 4. The van der Waals surface area contributed by atoms with Gasteiger partial charge < -0.3 is 16.0 Å². The number of para-hydroxylation sites is 1. The summed E-state index contributed by atoms with van der Waals surface area (Å²) in [5.74, 6) is 0.0538. The van der Waals surface area contributed by atoms with E-state index in [1.165, 1.54) is 5.56 Å². The van der Waals surface area contributed by atoms with E-state index in [0.29, 0.717) is 6.54 Å². The molecule has 1 aromatic carbocycles. The van der Waals surface area contributed by atoms with E-state index in [9.17, 15) is 4.79 Å². The van der Waals surface area contributed by atoms with Gasteiger partial charge in [-0.25, -0.2) is 0 Å². The van der Waals surface area contributed by atoms with Crippen LogP contribution in [0.25, 0.3) is 0 Å². The van der Waals surface area contributed by atoms with Crippen LogP contribution in [0.15, 0.2) is 30.5 Å². The molecule has 1 spiro atoms. The van der Waals surface area contributed by atoms with Crippen LogP contribution in [-0.4, -0.2) is 34.8 Å². The van der Waals surface area contributed by atoms with Gasteiger partial charge in [-0.3, -0.25) is 9.48 Å². The molecule has 6 heteroatoms. The fraction of sp³-hybridized carbons (Fsp3) is 0.444. The van der Waals surface area contributed by atoms with Crippen molar-refractivity contribution in [2.45, 2.75) is 31.3 Å². The van der Waals surface area contributed by atoms with Crippen LogP contribution in [0.5, 0.6) is 0 Å². The number of amides is 1. The lowest BCUT2D eigenvalue weighted by atomic mass is 9.75. The predicted molar refractivity (Wildman–Crippen MR) is 92.8 cm³/mol. The number of anilines is 1. The molecule has 2 aliphatic rings. The molecule has 0 bridgehead atoms. The Kier molecular flexibility index (Phi) is 3.57. The fourth-order valence-electron chi connectivity index (χ4n) is 4.10. The molecule has 0 aliphatic carbocycles. The molecule has 1 fully saturated rings. The van der Waals surface area contributed by atoms with Gasteiger partial charge in [-0.15, -0.1) is 0 Å². The van der Waals surface area contributed by atoms with E-state index in [1.54, 1.807) is 4.68 Å². The molecule has 6 nitrogen and oxygen atoms in total. The highest BCUT2D eigenvalue weighted by atomic mass is 16.2. The maximum Gasteiger partial charge on any atom is 0.243 e. The summed E-state index contributed by atoms with van der Waals surface area (Å²) in [5.41, 5.74) is 4.20. The summed E-state index contributed by atoms with van der Waals surface area (Å²) in [6.07, 6.45) is 2.93. The Hall–Kier alpha value is -2.34. The Balaban J connectivity index is 1.55. The molecule has 1 aromatic heterocycles. The summed E-state index contributed by atoms with van der Waals surface area (Å²) in [4.78, 5) is 12.9. The van der Waals surface area contributed by atoms with E-state index >= 15 is 0 Å². The van der Waals surface area contributed by atoms with Crippen molar-refractivity contribution >= 4 is 11.6 Å². The third-order valence-electron chi connectivity index (χ3n) is 5.33. The van der Waals surface area contributed by atoms with Crippen molar-refractivity contribution in [3.63, 3.8) is 0 Å². The highest BCUT2D eigenvalue weighted by molar-refractivity contribution is 5.90. The van der Waals surface area contributed by atoms with Crippen LogP contribution in [0, 0.1) is 6.92 Å². The topological polar surface area (TPSA) is 71.0 Å². The maximum absolute atomic E-state index is 12.9. The standard InChI is InChI=1S/C18H23N5O/c1-12-13(10-23(2)22-12)9-20-17(24)16-18(7-8-19-11-18)14-5-3-4-6-15(14)21-16/h3-6,10,16,19,21H,7-9,11H2,1-2H3,(H,20,24). The Morgan fingerprint density at radius 1 is 1.46 bits per heavy atom. The van der Waals surface area contributed by atoms with Crippen LogP contribution in [0.2, 0.25) is 0 Å². The average molecular weight is 325 g/mol. The van der Waals surface area contributed by atoms with Gasteiger partial charge in [0.05, 0.1) is 5.69 Å². The molecule has 24 heavy (non-hydrogen) atoms. The second-order valence-electron chi connectivity index (χ2n) is 6.84. The van der Waals surface area contributed by atoms with E-state index in [4.69, 9.17) is 0 Å². The molecule has 2 aliphatic heterocycles. The van der Waals surface area contributed by atoms with Crippen molar-refractivity contribution in [3.8, 4) is 0 Å². The summed E-state index contributed by atoms with van der Waals surface area (Å²) in [5, 5.41) is 14.3. The average Bonchev–Trinajstić information content (AvgIpc) is 3.26. The molecule has 3 N–H and O–H groups in total. The highest BCUT2D eigenvalue weighted by Crippen LogP contribution is 2.45. The zero-order valence-electron chi connectivity index (χ0n) is 14.1. The third kappa shape index (κ3) is 2.29. The largest absolute Gasteiger partial charge is 0.373 e. The molecule has 0 saturated carbocycles. The van der Waals surface area contributed by atoms with Crippen LogP contribution in [-0.2, 0) is 23.8 Å². The lowest BCUT2D eigenvalue weighted by Gasteiger charge is -2.29. The number of benzene rings is 1. The van der Waals surface area contributed by atoms with Crippen LogP contribution >= 0.6 is 0 Å². The molecule has 4 rings (SSSR count). The van der Waals surface area contributed by atoms with Crippen molar-refractivity contribution in [2.75, 3.05) is 18.4 Å². The van der Waals surface area contributed by atoms with E-state index in [2.05, 4.69) is 39.2 Å². The van der Waals surface area contributed by atoms with E-state index < -0.39 is 0 Å². The first kappa shape index (κ1) is 15.2. The summed E-state index contributed by atoms with van der Waals surface area (Å²) < 4.78 is 1.78. The van der Waals surface area contributed by atoms with Crippen LogP contribution in [0.4, 0.5) is 5.69 Å². The van der Waals surface area contributed by atoms with Gasteiger partial charge in [-0.2, -0.15) is 5.10 Å². The number of aryl methyl sites for hydroxylation is 2. The number of rotatable bonds is 3. The molecular formula is C18H23N5O. The highest BCUT2D eigenvalue weighted by Gasteiger charge is 2.51. The Bertz CT molecular complexity index is 775. The summed E-state index contributed by atoms with van der Waals surface area (Å²) in [6, 6.07) is 8.05. The molecule has 2 aromatic rings. The SMILES string of the molecule is Cc1nn(C)cc1CNC(=O)C1Nc2ccccc2C12CCNC2.